The van der Waals surface area contributed by atoms with Gasteiger partial charge in [0.05, 0.1) is 14.2 Å². The summed E-state index contributed by atoms with van der Waals surface area (Å²) in [6.07, 6.45) is 6.69. The molecular formula is C24H32O3. The number of rotatable bonds is 7. The summed E-state index contributed by atoms with van der Waals surface area (Å²) < 4.78 is 10.2. The molecule has 0 N–H and O–H groups in total. The Balaban J connectivity index is 0.000000289. The molecule has 2 rings (SSSR count). The van der Waals surface area contributed by atoms with Gasteiger partial charge in [-0.15, -0.1) is 0 Å². The van der Waals surface area contributed by atoms with Crippen molar-refractivity contribution >= 4 is 6.29 Å². The second-order valence-corrected chi connectivity index (χ2v) is 6.81. The highest BCUT2D eigenvalue weighted by atomic mass is 16.5. The molecule has 0 saturated heterocycles. The zero-order valence-corrected chi connectivity index (χ0v) is 17.5. The molecule has 0 bridgehead atoms. The highest BCUT2D eigenvalue weighted by Crippen LogP contribution is 2.18. The van der Waals surface area contributed by atoms with Gasteiger partial charge in [0, 0.05) is 5.56 Å². The number of allylic oxidation sites excluding steroid dienone is 2. The molecule has 0 fully saturated rings. The van der Waals surface area contributed by atoms with Crippen molar-refractivity contribution in [1.82, 2.24) is 0 Å². The molecule has 0 saturated carbocycles. The Bertz CT molecular complexity index is 756. The summed E-state index contributed by atoms with van der Waals surface area (Å²) in [5.74, 6) is 1.73. The van der Waals surface area contributed by atoms with Gasteiger partial charge in [0.15, 0.2) is 0 Å². The van der Waals surface area contributed by atoms with Gasteiger partial charge in [0.2, 0.25) is 0 Å². The van der Waals surface area contributed by atoms with E-state index < -0.39 is 0 Å². The lowest BCUT2D eigenvalue weighted by Crippen LogP contribution is -1.91. The van der Waals surface area contributed by atoms with Crippen LogP contribution in [0, 0.1) is 13.8 Å². The van der Waals surface area contributed by atoms with Crippen molar-refractivity contribution in [2.75, 3.05) is 14.2 Å². The van der Waals surface area contributed by atoms with Crippen LogP contribution in [0.5, 0.6) is 11.5 Å². The second-order valence-electron chi connectivity index (χ2n) is 6.81. The number of aryl methyl sites for hydroxylation is 3. The quantitative estimate of drug-likeness (QED) is 0.336. The summed E-state index contributed by atoms with van der Waals surface area (Å²) >= 11 is 0. The van der Waals surface area contributed by atoms with Crippen molar-refractivity contribution in [2.24, 2.45) is 0 Å². The molecule has 0 amide bonds. The number of hydrogen-bond acceptors (Lipinski definition) is 3. The minimum atomic E-state index is 0.714. The Hall–Kier alpha value is -2.55. The molecule has 0 spiro atoms. The fraction of sp³-hybridized carbons (Fsp3) is 0.375. The lowest BCUT2D eigenvalue weighted by atomic mass is 10.0. The maximum Gasteiger partial charge on any atom is 0.150 e. The molecule has 2 aromatic carbocycles. The summed E-state index contributed by atoms with van der Waals surface area (Å²) in [6, 6.07) is 11.7. The topological polar surface area (TPSA) is 35.5 Å². The molecule has 27 heavy (non-hydrogen) atoms. The van der Waals surface area contributed by atoms with Gasteiger partial charge >= 0.3 is 0 Å². The van der Waals surface area contributed by atoms with Crippen molar-refractivity contribution in [1.29, 1.82) is 0 Å². The monoisotopic (exact) mass is 368 g/mol. The Morgan fingerprint density at radius 1 is 0.926 bits per heavy atom. The van der Waals surface area contributed by atoms with E-state index in [-0.39, 0.29) is 0 Å². The molecule has 0 aromatic heterocycles. The molecule has 0 radical (unpaired) electrons. The van der Waals surface area contributed by atoms with Crippen molar-refractivity contribution in [2.45, 2.75) is 47.0 Å². The maximum absolute atomic E-state index is 10.4. The van der Waals surface area contributed by atoms with Crippen LogP contribution in [0.2, 0.25) is 0 Å². The number of aldehydes is 1. The van der Waals surface area contributed by atoms with Crippen LogP contribution in [-0.2, 0) is 6.42 Å². The van der Waals surface area contributed by atoms with Crippen molar-refractivity contribution in [3.8, 4) is 11.5 Å². The van der Waals surface area contributed by atoms with Crippen LogP contribution in [0.1, 0.15) is 53.7 Å². The average Bonchev–Trinajstić information content (AvgIpc) is 2.66. The summed E-state index contributed by atoms with van der Waals surface area (Å²) in [5.41, 5.74) is 5.83. The van der Waals surface area contributed by atoms with Gasteiger partial charge in [-0.2, -0.15) is 0 Å². The molecule has 0 heterocycles. The van der Waals surface area contributed by atoms with Gasteiger partial charge in [-0.3, -0.25) is 4.79 Å². The van der Waals surface area contributed by atoms with E-state index in [4.69, 9.17) is 9.47 Å². The maximum atomic E-state index is 10.4. The Labute approximate surface area is 164 Å². The van der Waals surface area contributed by atoms with E-state index >= 15 is 0 Å². The van der Waals surface area contributed by atoms with Gasteiger partial charge in [-0.1, -0.05) is 17.7 Å². The number of hydrogen-bond donors (Lipinski definition) is 0. The normalized spacial score (nSPS) is 9.70. The van der Waals surface area contributed by atoms with Gasteiger partial charge in [-0.25, -0.2) is 0 Å². The van der Waals surface area contributed by atoms with E-state index in [0.29, 0.717) is 5.56 Å². The van der Waals surface area contributed by atoms with Gasteiger partial charge in [0.25, 0.3) is 0 Å². The molecule has 0 unspecified atom stereocenters. The standard InChI is InChI=1S/C15H22O.C9H10O2/c1-12(2)7-5-6-8-14-9-10-15(16-4)11-13(14)3;1-7-5-9(11-2)4-3-8(7)6-10/h7,9-11H,5-6,8H2,1-4H3;3-6H,1-2H3. The number of unbranched alkanes of at least 4 members (excludes halogenated alkanes) is 1. The number of benzene rings is 2. The first-order valence-electron chi connectivity index (χ1n) is 9.28. The molecule has 0 aliphatic heterocycles. The third-order valence-corrected chi connectivity index (χ3v) is 4.36. The van der Waals surface area contributed by atoms with Gasteiger partial charge < -0.3 is 9.47 Å². The van der Waals surface area contributed by atoms with Crippen LogP contribution in [0.3, 0.4) is 0 Å². The summed E-state index contributed by atoms with van der Waals surface area (Å²) in [6.45, 7) is 8.34. The highest BCUT2D eigenvalue weighted by molar-refractivity contribution is 5.77. The van der Waals surface area contributed by atoms with Gasteiger partial charge in [0.1, 0.15) is 17.8 Å². The molecule has 3 nitrogen and oxygen atoms in total. The first-order chi connectivity index (χ1) is 12.9. The number of carbonyl (C=O) groups excluding carboxylic acids is 1. The zero-order chi connectivity index (χ0) is 20.2. The van der Waals surface area contributed by atoms with E-state index in [0.717, 1.165) is 29.8 Å². The molecule has 3 heteroatoms. The number of methoxy groups -OCH3 is 2. The van der Waals surface area contributed by atoms with E-state index in [1.165, 1.54) is 29.5 Å². The average molecular weight is 369 g/mol. The summed E-state index contributed by atoms with van der Waals surface area (Å²) in [7, 11) is 3.32. The zero-order valence-electron chi connectivity index (χ0n) is 17.5. The first kappa shape index (κ1) is 22.5. The predicted octanol–water partition coefficient (Wildman–Crippen LogP) is 6.11. The molecular weight excluding hydrogens is 336 g/mol. The van der Waals surface area contributed by atoms with E-state index in [2.05, 4.69) is 39.0 Å². The smallest absolute Gasteiger partial charge is 0.150 e. The fourth-order valence-corrected chi connectivity index (χ4v) is 2.67. The van der Waals surface area contributed by atoms with Crippen LogP contribution in [0.25, 0.3) is 0 Å². The second kappa shape index (κ2) is 11.9. The summed E-state index contributed by atoms with van der Waals surface area (Å²) in [5, 5.41) is 0. The Morgan fingerprint density at radius 2 is 1.52 bits per heavy atom. The molecule has 0 atom stereocenters. The number of ether oxygens (including phenoxy) is 2. The lowest BCUT2D eigenvalue weighted by molar-refractivity contribution is 0.112. The minimum Gasteiger partial charge on any atom is -0.497 e. The van der Waals surface area contributed by atoms with Gasteiger partial charge in [-0.05, 0) is 94.0 Å². The van der Waals surface area contributed by atoms with E-state index in [1.807, 2.05) is 19.1 Å². The largest absolute Gasteiger partial charge is 0.497 e. The van der Waals surface area contributed by atoms with Crippen molar-refractivity contribution in [3.05, 3.63) is 70.3 Å². The molecule has 0 aliphatic rings. The molecule has 0 aliphatic carbocycles. The first-order valence-corrected chi connectivity index (χ1v) is 9.28. The summed E-state index contributed by atoms with van der Waals surface area (Å²) in [4.78, 5) is 10.4. The van der Waals surface area contributed by atoms with Crippen molar-refractivity contribution < 1.29 is 14.3 Å². The third-order valence-electron chi connectivity index (χ3n) is 4.36. The fourth-order valence-electron chi connectivity index (χ4n) is 2.67. The SMILES string of the molecule is COc1ccc(C=O)c(C)c1.COc1ccc(CCCC=C(C)C)c(C)c1. The third kappa shape index (κ3) is 8.12. The lowest BCUT2D eigenvalue weighted by Gasteiger charge is -2.07. The van der Waals surface area contributed by atoms with E-state index in [9.17, 15) is 4.79 Å². The molecule has 2 aromatic rings. The van der Waals surface area contributed by atoms with Crippen LogP contribution >= 0.6 is 0 Å². The number of carbonyl (C=O) groups is 1. The Kier molecular flexibility index (Phi) is 9.95. The van der Waals surface area contributed by atoms with Crippen LogP contribution in [0.4, 0.5) is 0 Å². The highest BCUT2D eigenvalue weighted by Gasteiger charge is 2.00. The molecule has 146 valence electrons. The minimum absolute atomic E-state index is 0.714. The Morgan fingerprint density at radius 3 is 2.00 bits per heavy atom. The predicted molar refractivity (Wildman–Crippen MR) is 113 cm³/mol. The van der Waals surface area contributed by atoms with Crippen LogP contribution in [-0.4, -0.2) is 20.5 Å². The van der Waals surface area contributed by atoms with Crippen LogP contribution in [0.15, 0.2) is 48.0 Å². The van der Waals surface area contributed by atoms with E-state index in [1.54, 1.807) is 26.4 Å². The van der Waals surface area contributed by atoms with Crippen LogP contribution < -0.4 is 9.47 Å². The van der Waals surface area contributed by atoms with Crippen molar-refractivity contribution in [3.63, 3.8) is 0 Å².